The van der Waals surface area contributed by atoms with E-state index in [1.165, 1.54) is 0 Å². The molecule has 1 aliphatic rings. The maximum absolute atomic E-state index is 9.93. The normalized spacial score (nSPS) is 41.3. The van der Waals surface area contributed by atoms with Gasteiger partial charge in [0.2, 0.25) is 0 Å². The molecule has 0 aromatic heterocycles. The van der Waals surface area contributed by atoms with E-state index in [4.69, 9.17) is 15.3 Å². The van der Waals surface area contributed by atoms with Gasteiger partial charge in [0, 0.05) is 6.04 Å². The van der Waals surface area contributed by atoms with Crippen molar-refractivity contribution < 1.29 is 35.7 Å². The van der Waals surface area contributed by atoms with Gasteiger partial charge >= 0.3 is 0 Å². The summed E-state index contributed by atoms with van der Waals surface area (Å²) in [6, 6.07) is -1.60. The molecule has 5 atom stereocenters. The van der Waals surface area contributed by atoms with Crippen molar-refractivity contribution in [1.82, 2.24) is 5.32 Å². The summed E-state index contributed by atoms with van der Waals surface area (Å²) in [6.45, 7) is -1.56. The Morgan fingerprint density at radius 3 is 2.06 bits per heavy atom. The van der Waals surface area contributed by atoms with Crippen LogP contribution in [0.2, 0.25) is 0 Å². The van der Waals surface area contributed by atoms with Gasteiger partial charge in [0.15, 0.2) is 0 Å². The summed E-state index contributed by atoms with van der Waals surface area (Å²) in [6.07, 6.45) is -4.91. The first-order valence-electron chi connectivity index (χ1n) is 5.74. The first-order valence-corrected chi connectivity index (χ1v) is 5.74. The van der Waals surface area contributed by atoms with Gasteiger partial charge in [0.1, 0.15) is 17.8 Å². The molecule has 8 heteroatoms. The third-order valence-corrected chi connectivity index (χ3v) is 3.37. The van der Waals surface area contributed by atoms with Crippen LogP contribution in [-0.2, 0) is 0 Å². The lowest BCUT2D eigenvalue weighted by atomic mass is 9.76. The SMILES string of the molecule is OCC(CO)N[C@@H]1C[C@@](O)(CO)[C@H](O)[C@@H](O)[C@@H]1O. The highest BCUT2D eigenvalue weighted by atomic mass is 16.4. The van der Waals surface area contributed by atoms with Crippen molar-refractivity contribution in [3.8, 4) is 0 Å². The smallest absolute Gasteiger partial charge is 0.118 e. The summed E-state index contributed by atoms with van der Waals surface area (Å²) in [5.41, 5.74) is -1.94. The first kappa shape index (κ1) is 15.7. The molecule has 108 valence electrons. The van der Waals surface area contributed by atoms with Gasteiger partial charge in [-0.2, -0.15) is 0 Å². The van der Waals surface area contributed by atoms with Crippen LogP contribution in [0.5, 0.6) is 0 Å². The van der Waals surface area contributed by atoms with Crippen molar-refractivity contribution in [2.24, 2.45) is 0 Å². The lowest BCUT2D eigenvalue weighted by molar-refractivity contribution is -0.207. The van der Waals surface area contributed by atoms with E-state index >= 15 is 0 Å². The van der Waals surface area contributed by atoms with Gasteiger partial charge in [-0.15, -0.1) is 0 Å². The van der Waals surface area contributed by atoms with Crippen LogP contribution in [0.25, 0.3) is 0 Å². The Bertz CT molecular complexity index is 263. The molecular weight excluding hydrogens is 246 g/mol. The maximum Gasteiger partial charge on any atom is 0.118 e. The fourth-order valence-electron chi connectivity index (χ4n) is 2.15. The fraction of sp³-hybridized carbons (Fsp3) is 1.00. The Morgan fingerprint density at radius 2 is 1.61 bits per heavy atom. The average molecular weight is 267 g/mol. The molecule has 0 aliphatic heterocycles. The van der Waals surface area contributed by atoms with Crippen molar-refractivity contribution in [3.05, 3.63) is 0 Å². The van der Waals surface area contributed by atoms with Crippen molar-refractivity contribution >= 4 is 0 Å². The van der Waals surface area contributed by atoms with Crippen LogP contribution in [0.4, 0.5) is 0 Å². The Balaban J connectivity index is 2.79. The molecule has 0 aromatic rings. The van der Waals surface area contributed by atoms with Crippen molar-refractivity contribution in [3.63, 3.8) is 0 Å². The Morgan fingerprint density at radius 1 is 1.06 bits per heavy atom. The van der Waals surface area contributed by atoms with Gasteiger partial charge in [-0.25, -0.2) is 0 Å². The van der Waals surface area contributed by atoms with Crippen molar-refractivity contribution in [1.29, 1.82) is 0 Å². The number of nitrogens with one attached hydrogen (secondary N) is 1. The van der Waals surface area contributed by atoms with Crippen LogP contribution < -0.4 is 5.32 Å². The minimum absolute atomic E-state index is 0.223. The van der Waals surface area contributed by atoms with E-state index in [0.717, 1.165) is 0 Å². The van der Waals surface area contributed by atoms with E-state index in [2.05, 4.69) is 5.32 Å². The number of rotatable bonds is 5. The minimum atomic E-state index is -1.94. The molecule has 8 N–H and O–H groups in total. The number of hydrogen-bond donors (Lipinski definition) is 8. The van der Waals surface area contributed by atoms with E-state index in [1.54, 1.807) is 0 Å². The van der Waals surface area contributed by atoms with Crippen molar-refractivity contribution in [2.75, 3.05) is 19.8 Å². The molecule has 0 aromatic carbocycles. The molecule has 0 unspecified atom stereocenters. The second kappa shape index (κ2) is 6.22. The molecule has 1 rings (SSSR count). The Labute approximate surface area is 104 Å². The van der Waals surface area contributed by atoms with E-state index in [9.17, 15) is 20.4 Å². The largest absolute Gasteiger partial charge is 0.395 e. The minimum Gasteiger partial charge on any atom is -0.395 e. The van der Waals surface area contributed by atoms with Crippen LogP contribution >= 0.6 is 0 Å². The lowest BCUT2D eigenvalue weighted by Gasteiger charge is -2.46. The van der Waals surface area contributed by atoms with Gasteiger partial charge in [-0.3, -0.25) is 0 Å². The van der Waals surface area contributed by atoms with E-state index < -0.39 is 55.8 Å². The molecular formula is C10H21NO7. The average Bonchev–Trinajstić information content (AvgIpc) is 2.39. The summed E-state index contributed by atoms with van der Waals surface area (Å²) in [5, 5.41) is 68.4. The Kier molecular flexibility index (Phi) is 5.44. The highest BCUT2D eigenvalue weighted by molar-refractivity contribution is 5.05. The van der Waals surface area contributed by atoms with Crippen LogP contribution in [-0.4, -0.2) is 91.6 Å². The summed E-state index contributed by atoms with van der Waals surface area (Å²) in [5.74, 6) is 0. The number of hydrogen-bond acceptors (Lipinski definition) is 8. The predicted molar refractivity (Wildman–Crippen MR) is 59.6 cm³/mol. The molecule has 0 bridgehead atoms. The van der Waals surface area contributed by atoms with Gasteiger partial charge in [0.25, 0.3) is 0 Å². The van der Waals surface area contributed by atoms with Crippen LogP contribution in [0, 0.1) is 0 Å². The van der Waals surface area contributed by atoms with Crippen LogP contribution in [0.15, 0.2) is 0 Å². The van der Waals surface area contributed by atoms with Gasteiger partial charge < -0.3 is 41.1 Å². The molecule has 0 saturated heterocycles. The Hall–Kier alpha value is -0.320. The second-order valence-electron chi connectivity index (χ2n) is 4.73. The summed E-state index contributed by atoms with van der Waals surface area (Å²) < 4.78 is 0. The predicted octanol–water partition coefficient (Wildman–Crippen LogP) is -4.49. The van der Waals surface area contributed by atoms with Gasteiger partial charge in [-0.05, 0) is 6.42 Å². The number of aliphatic hydroxyl groups excluding tert-OH is 6. The zero-order valence-electron chi connectivity index (χ0n) is 9.85. The van der Waals surface area contributed by atoms with Crippen molar-refractivity contribution in [2.45, 2.75) is 42.4 Å². The molecule has 0 radical (unpaired) electrons. The van der Waals surface area contributed by atoms with Crippen LogP contribution in [0.1, 0.15) is 6.42 Å². The zero-order valence-corrected chi connectivity index (χ0v) is 9.85. The first-order chi connectivity index (χ1) is 8.39. The second-order valence-corrected chi connectivity index (χ2v) is 4.73. The standard InChI is InChI=1S/C10H21NO7/c12-2-5(3-13)11-6-1-10(18,4-14)9(17)8(16)7(6)15/h5-9,11-18H,1-4H2/t6-,7-,8+,9-,10-/m1/s1. The summed E-state index contributed by atoms with van der Waals surface area (Å²) in [4.78, 5) is 0. The van der Waals surface area contributed by atoms with Gasteiger partial charge in [0.05, 0.1) is 32.0 Å². The molecule has 1 saturated carbocycles. The van der Waals surface area contributed by atoms with E-state index in [1.807, 2.05) is 0 Å². The highest BCUT2D eigenvalue weighted by Crippen LogP contribution is 2.29. The molecule has 1 aliphatic carbocycles. The molecule has 8 nitrogen and oxygen atoms in total. The fourth-order valence-corrected chi connectivity index (χ4v) is 2.15. The molecule has 1 fully saturated rings. The molecule has 0 heterocycles. The van der Waals surface area contributed by atoms with Crippen LogP contribution in [0.3, 0.4) is 0 Å². The maximum atomic E-state index is 9.93. The highest BCUT2D eigenvalue weighted by Gasteiger charge is 2.51. The molecule has 0 spiro atoms. The lowest BCUT2D eigenvalue weighted by Crippen LogP contribution is -2.68. The zero-order chi connectivity index (χ0) is 13.9. The topological polar surface area (TPSA) is 154 Å². The summed E-state index contributed by atoms with van der Waals surface area (Å²) >= 11 is 0. The quantitative estimate of drug-likeness (QED) is 0.248. The third kappa shape index (κ3) is 2.98. The third-order valence-electron chi connectivity index (χ3n) is 3.37. The van der Waals surface area contributed by atoms with E-state index in [0.29, 0.717) is 0 Å². The monoisotopic (exact) mass is 267 g/mol. The molecule has 18 heavy (non-hydrogen) atoms. The molecule has 0 amide bonds. The number of aliphatic hydroxyl groups is 7. The summed E-state index contributed by atoms with van der Waals surface area (Å²) in [7, 11) is 0. The van der Waals surface area contributed by atoms with E-state index in [-0.39, 0.29) is 6.42 Å². The van der Waals surface area contributed by atoms with Gasteiger partial charge in [-0.1, -0.05) is 0 Å².